The van der Waals surface area contributed by atoms with Gasteiger partial charge in [0, 0.05) is 9.13 Å². The number of hydrogen-bond donors (Lipinski definition) is 0. The third kappa shape index (κ3) is 1.54. The molecule has 0 aliphatic carbocycles. The molecule has 0 aliphatic heterocycles. The van der Waals surface area contributed by atoms with E-state index < -0.39 is 16.7 Å². The molecule has 0 fully saturated rings. The van der Waals surface area contributed by atoms with Crippen LogP contribution in [-0.4, -0.2) is 0 Å². The van der Waals surface area contributed by atoms with E-state index in [1.54, 1.807) is 22.6 Å². The van der Waals surface area contributed by atoms with Crippen LogP contribution in [0.1, 0.15) is 5.56 Å². The Hall–Kier alpha value is 0.390. The summed E-state index contributed by atoms with van der Waals surface area (Å²) in [4.78, 5) is 0. The van der Waals surface area contributed by atoms with E-state index in [0.29, 0.717) is 3.57 Å². The summed E-state index contributed by atoms with van der Waals surface area (Å²) < 4.78 is 26.3. The summed E-state index contributed by atoms with van der Waals surface area (Å²) in [5.41, 5.74) is 0.270. The monoisotopic (exact) mass is 322 g/mol. The van der Waals surface area contributed by atoms with Crippen LogP contribution >= 0.6 is 45.8 Å². The quantitative estimate of drug-likeness (QED) is 0.382. The van der Waals surface area contributed by atoms with Crippen molar-refractivity contribution in [1.82, 2.24) is 0 Å². The standard InChI is InChI=1S/C7H3Cl2F2I/c1-2-5(10)3(8)6(11)4(9)7(2)12/h1H3. The van der Waals surface area contributed by atoms with Crippen LogP contribution in [-0.2, 0) is 0 Å². The van der Waals surface area contributed by atoms with E-state index >= 15 is 0 Å². The Morgan fingerprint density at radius 2 is 1.58 bits per heavy atom. The van der Waals surface area contributed by atoms with Gasteiger partial charge >= 0.3 is 0 Å². The second-order valence-electron chi connectivity index (χ2n) is 2.19. The van der Waals surface area contributed by atoms with Crippen molar-refractivity contribution in [3.05, 3.63) is 30.8 Å². The van der Waals surface area contributed by atoms with Crippen molar-refractivity contribution < 1.29 is 8.78 Å². The minimum Gasteiger partial charge on any atom is -0.205 e. The fraction of sp³-hybridized carbons (Fsp3) is 0.143. The summed E-state index contributed by atoms with van der Waals surface area (Å²) >= 11 is 12.6. The van der Waals surface area contributed by atoms with Crippen LogP contribution in [0.25, 0.3) is 0 Å². The summed E-state index contributed by atoms with van der Waals surface area (Å²) in [6, 6.07) is 0. The van der Waals surface area contributed by atoms with Crippen molar-refractivity contribution in [1.29, 1.82) is 0 Å². The molecule has 0 saturated heterocycles. The van der Waals surface area contributed by atoms with Gasteiger partial charge in [-0.2, -0.15) is 0 Å². The van der Waals surface area contributed by atoms with Crippen LogP contribution in [0.4, 0.5) is 8.78 Å². The Balaban J connectivity index is 3.60. The molecule has 0 unspecified atom stereocenters. The number of hydrogen-bond acceptors (Lipinski definition) is 0. The van der Waals surface area contributed by atoms with Crippen molar-refractivity contribution >= 4 is 45.8 Å². The summed E-state index contributed by atoms with van der Waals surface area (Å²) in [6.45, 7) is 1.49. The van der Waals surface area contributed by atoms with Gasteiger partial charge in [0.1, 0.15) is 10.8 Å². The summed E-state index contributed by atoms with van der Waals surface area (Å²) in [7, 11) is 0. The SMILES string of the molecule is Cc1c(F)c(Cl)c(F)c(Cl)c1I. The van der Waals surface area contributed by atoms with E-state index in [9.17, 15) is 8.78 Å². The van der Waals surface area contributed by atoms with Gasteiger partial charge in [-0.15, -0.1) is 0 Å². The molecular formula is C7H3Cl2F2I. The van der Waals surface area contributed by atoms with Crippen LogP contribution < -0.4 is 0 Å². The molecule has 0 nitrogen and oxygen atoms in total. The van der Waals surface area contributed by atoms with Gasteiger partial charge in [-0.3, -0.25) is 0 Å². The Labute approximate surface area is 92.0 Å². The normalized spacial score (nSPS) is 10.5. The van der Waals surface area contributed by atoms with Crippen molar-refractivity contribution in [2.75, 3.05) is 0 Å². The molecule has 0 radical (unpaired) electrons. The van der Waals surface area contributed by atoms with Crippen molar-refractivity contribution in [2.45, 2.75) is 6.92 Å². The van der Waals surface area contributed by atoms with E-state index in [2.05, 4.69) is 0 Å². The lowest BCUT2D eigenvalue weighted by atomic mass is 10.2. The van der Waals surface area contributed by atoms with Crippen LogP contribution in [0.3, 0.4) is 0 Å². The Bertz CT molecular complexity index is 234. The van der Waals surface area contributed by atoms with E-state index in [1.165, 1.54) is 6.92 Å². The highest BCUT2D eigenvalue weighted by Crippen LogP contribution is 2.33. The highest BCUT2D eigenvalue weighted by atomic mass is 127. The number of rotatable bonds is 0. The first-order valence-electron chi connectivity index (χ1n) is 2.94. The number of benzene rings is 1. The van der Waals surface area contributed by atoms with Gasteiger partial charge in [0.2, 0.25) is 0 Å². The van der Waals surface area contributed by atoms with E-state index in [1.807, 2.05) is 0 Å². The Morgan fingerprint density at radius 3 is 2.08 bits per heavy atom. The molecule has 0 aliphatic rings. The minimum absolute atomic E-state index is 0.125. The van der Waals surface area contributed by atoms with E-state index in [0.717, 1.165) is 0 Å². The van der Waals surface area contributed by atoms with Crippen LogP contribution in [0.15, 0.2) is 0 Å². The predicted octanol–water partition coefficient (Wildman–Crippen LogP) is 4.18. The first-order chi connectivity index (χ1) is 5.46. The molecule has 0 bridgehead atoms. The molecule has 5 heteroatoms. The molecule has 12 heavy (non-hydrogen) atoms. The summed E-state index contributed by atoms with van der Waals surface area (Å²) in [5, 5.41) is -0.669. The largest absolute Gasteiger partial charge is 0.205 e. The zero-order valence-electron chi connectivity index (χ0n) is 5.89. The van der Waals surface area contributed by atoms with Crippen molar-refractivity contribution in [3.8, 4) is 0 Å². The van der Waals surface area contributed by atoms with Crippen LogP contribution in [0.2, 0.25) is 10.0 Å². The zero-order chi connectivity index (χ0) is 9.46. The lowest BCUT2D eigenvalue weighted by Crippen LogP contribution is -1.94. The third-order valence-electron chi connectivity index (χ3n) is 1.43. The second kappa shape index (κ2) is 3.64. The minimum atomic E-state index is -0.897. The smallest absolute Gasteiger partial charge is 0.164 e. The first-order valence-corrected chi connectivity index (χ1v) is 4.78. The lowest BCUT2D eigenvalue weighted by molar-refractivity contribution is 0.576. The average molecular weight is 323 g/mol. The fourth-order valence-corrected chi connectivity index (χ4v) is 1.71. The molecule has 0 heterocycles. The van der Waals surface area contributed by atoms with Gasteiger partial charge in [0.25, 0.3) is 0 Å². The fourth-order valence-electron chi connectivity index (χ4n) is 0.715. The Morgan fingerprint density at radius 1 is 1.08 bits per heavy atom. The summed E-state index contributed by atoms with van der Waals surface area (Å²) in [5.74, 6) is -1.64. The highest BCUT2D eigenvalue weighted by Gasteiger charge is 2.18. The molecule has 0 spiro atoms. The van der Waals surface area contributed by atoms with Crippen LogP contribution in [0, 0.1) is 22.1 Å². The van der Waals surface area contributed by atoms with Gasteiger partial charge in [-0.25, -0.2) is 8.78 Å². The molecule has 0 saturated carbocycles. The van der Waals surface area contributed by atoms with Gasteiger partial charge < -0.3 is 0 Å². The lowest BCUT2D eigenvalue weighted by Gasteiger charge is -2.05. The van der Waals surface area contributed by atoms with Crippen molar-refractivity contribution in [3.63, 3.8) is 0 Å². The predicted molar refractivity (Wildman–Crippen MR) is 53.8 cm³/mol. The highest BCUT2D eigenvalue weighted by molar-refractivity contribution is 14.1. The van der Waals surface area contributed by atoms with Gasteiger partial charge in [0.15, 0.2) is 5.82 Å². The zero-order valence-corrected chi connectivity index (χ0v) is 9.56. The molecule has 1 aromatic carbocycles. The molecule has 1 rings (SSSR count). The van der Waals surface area contributed by atoms with Crippen molar-refractivity contribution in [2.24, 2.45) is 0 Å². The molecule has 66 valence electrons. The van der Waals surface area contributed by atoms with Gasteiger partial charge in [0.05, 0.1) is 5.02 Å². The molecule has 1 aromatic rings. The second-order valence-corrected chi connectivity index (χ2v) is 4.03. The number of halogens is 5. The molecule has 0 aromatic heterocycles. The topological polar surface area (TPSA) is 0 Å². The first kappa shape index (κ1) is 10.5. The van der Waals surface area contributed by atoms with Crippen LogP contribution in [0.5, 0.6) is 0 Å². The van der Waals surface area contributed by atoms with Gasteiger partial charge in [-0.05, 0) is 29.5 Å². The van der Waals surface area contributed by atoms with Gasteiger partial charge in [-0.1, -0.05) is 23.2 Å². The third-order valence-corrected chi connectivity index (χ3v) is 3.78. The molecule has 0 atom stereocenters. The average Bonchev–Trinajstić information content (AvgIpc) is 2.08. The molecule has 0 N–H and O–H groups in total. The Kier molecular flexibility index (Phi) is 3.17. The van der Waals surface area contributed by atoms with E-state index in [-0.39, 0.29) is 10.6 Å². The maximum atomic E-state index is 13.0. The summed E-state index contributed by atoms with van der Waals surface area (Å²) in [6.07, 6.45) is 0. The maximum Gasteiger partial charge on any atom is 0.164 e. The molecular weight excluding hydrogens is 320 g/mol. The maximum absolute atomic E-state index is 13.0. The van der Waals surface area contributed by atoms with E-state index in [4.69, 9.17) is 23.2 Å². The molecule has 0 amide bonds.